The number of rotatable bonds is 6. The van der Waals surface area contributed by atoms with Gasteiger partial charge in [0.25, 0.3) is 0 Å². The molecule has 16 aromatic carbocycles. The quantitative estimate of drug-likeness (QED) is 0.122. The number of aromatic nitrogens is 10. The number of fused-ring (bicyclic) bond motifs is 15. The summed E-state index contributed by atoms with van der Waals surface area (Å²) in [6, 6.07) is 134. The fourth-order valence-electron chi connectivity index (χ4n) is 28.0. The molecule has 0 radical (unpaired) electrons. The van der Waals surface area contributed by atoms with E-state index in [4.69, 9.17) is 24.9 Å². The second-order valence-electron chi connectivity index (χ2n) is 45.2. The Kier molecular flexibility index (Phi) is 20.2. The van der Waals surface area contributed by atoms with Gasteiger partial charge in [-0.15, -0.1) is 0 Å². The Labute approximate surface area is 870 Å². The number of thioether (sulfide) groups is 1. The third-order valence-corrected chi connectivity index (χ3v) is 59.6. The number of imidazole rings is 5. The molecule has 31 rings (SSSR count). The van der Waals surface area contributed by atoms with Crippen LogP contribution < -0.4 is 41.8 Å². The Hall–Kier alpha value is -15.2. The number of pyridine rings is 5. The van der Waals surface area contributed by atoms with Crippen LogP contribution in [0.1, 0.15) is 122 Å². The van der Waals surface area contributed by atoms with Crippen molar-refractivity contribution in [1.82, 2.24) is 46.9 Å². The maximum absolute atomic E-state index is 5.14. The molecule has 0 saturated heterocycles. The molecule has 0 bridgehead atoms. The van der Waals surface area contributed by atoms with Gasteiger partial charge in [0.2, 0.25) is 0 Å². The molecule has 0 N–H and O–H groups in total. The average Bonchev–Trinajstić information content (AvgIpc) is 1.34. The average molecular weight is 2000 g/mol. The lowest BCUT2D eigenvalue weighted by molar-refractivity contribution is 0.686. The number of hydrogen-bond acceptors (Lipinski definition) is 6. The molecule has 0 amide bonds. The van der Waals surface area contributed by atoms with Gasteiger partial charge in [-0.05, 0) is 148 Å². The van der Waals surface area contributed by atoms with Crippen LogP contribution in [0.15, 0.2) is 400 Å². The summed E-state index contributed by atoms with van der Waals surface area (Å²) in [4.78, 5) is 24.9. The molecule has 0 atom stereocenters. The van der Waals surface area contributed by atoms with Gasteiger partial charge in [-0.25, -0.2) is 24.9 Å². The van der Waals surface area contributed by atoms with Crippen molar-refractivity contribution in [1.29, 1.82) is 0 Å². The van der Waals surface area contributed by atoms with Gasteiger partial charge in [-0.1, -0.05) is 457 Å². The van der Waals surface area contributed by atoms with Crippen LogP contribution in [-0.4, -0.2) is 79.2 Å². The minimum absolute atomic E-state index is 0.0902. The van der Waals surface area contributed by atoms with Gasteiger partial charge in [0.15, 0.2) is 16.1 Å². The highest BCUT2D eigenvalue weighted by molar-refractivity contribution is 8.00. The zero-order valence-corrected chi connectivity index (χ0v) is 91.7. The maximum atomic E-state index is 5.14. The lowest BCUT2D eigenvalue weighted by atomic mass is 9.81. The van der Waals surface area contributed by atoms with Gasteiger partial charge in [-0.3, -0.25) is 17.6 Å². The standard InChI is InChI=1S/2C31H26N2Si.C29H20N2S.2C21H22N2Si/c1-21-18-19-26-29-28(21)24-16-10-11-17-25(24)30-32-20-27(33(29)30)31(2,3)34(26,22-12-6-4-7-13-22)23-14-8-5-9-15-23;1-21-18-19-26-29-28(21)24-16-10-11-17-25(24)30-32-20-27(33(29)30)34(31(26,2)3,22-12-6-4-7-13-22)23-14-8-5-9-15-23;1-19-16-17-24-27-26(19)22-14-8-9-15-23(22)28-30-18-25(31(27)28)32-29(24,20-10-4-2-5-11-20)21-12-6-3-7-13-21;1-13-10-11-16-19-18(13)14-8-6-7-9-15(14)20-22-12-17(23(19)20)21(2,3)24(16,4)5;1-13-10-11-16-19-18(13)14-8-6-7-9-15(14)20-22-12-17(23(19)20)24(4,5)21(16,2)3/h2*4-20H,1-3H3;2-18H,1H3;2*6-12H,1-5H3. The molecule has 148 heavy (non-hydrogen) atoms. The van der Waals surface area contributed by atoms with Crippen LogP contribution >= 0.6 is 11.8 Å². The van der Waals surface area contributed by atoms with Crippen LogP contribution in [0.4, 0.5) is 0 Å². The summed E-state index contributed by atoms with van der Waals surface area (Å²) >= 11 is 1.90. The molecule has 5 aliphatic heterocycles. The van der Waals surface area contributed by atoms with Gasteiger partial charge < -0.3 is 4.40 Å². The highest BCUT2D eigenvalue weighted by Crippen LogP contribution is 2.59. The van der Waals surface area contributed by atoms with Crippen molar-refractivity contribution >= 4 is 222 Å². The van der Waals surface area contributed by atoms with E-state index >= 15 is 0 Å². The predicted molar refractivity (Wildman–Crippen MR) is 635 cm³/mol. The summed E-state index contributed by atoms with van der Waals surface area (Å²) in [6.07, 6.45) is 10.7. The van der Waals surface area contributed by atoms with E-state index in [1.807, 2.05) is 11.8 Å². The molecule has 0 spiro atoms. The number of benzene rings is 16. The Morgan fingerprint density at radius 2 is 0.507 bits per heavy atom. The normalized spacial score (nSPS) is 16.3. The van der Waals surface area contributed by atoms with Crippen molar-refractivity contribution in [2.75, 3.05) is 0 Å². The monoisotopic (exact) mass is 2000 g/mol. The maximum Gasteiger partial charge on any atom is 0.181 e. The summed E-state index contributed by atoms with van der Waals surface area (Å²) in [6.45, 7) is 40.7. The molecular weight excluding hydrogens is 1880 g/mol. The van der Waals surface area contributed by atoms with Crippen LogP contribution in [0.25, 0.3) is 137 Å². The highest BCUT2D eigenvalue weighted by Gasteiger charge is 2.60. The predicted octanol–water partition coefficient (Wildman–Crippen LogP) is 27.2. The first-order valence-corrected chi connectivity index (χ1v) is 63.1. The second kappa shape index (κ2) is 32.6. The van der Waals surface area contributed by atoms with Crippen LogP contribution in [0.5, 0.6) is 0 Å². The van der Waals surface area contributed by atoms with E-state index in [-0.39, 0.29) is 24.9 Å². The molecule has 0 saturated carbocycles. The number of hydrogen-bond donors (Lipinski definition) is 0. The fraction of sp³-hybridized carbons (Fsp3) is 0.165. The Bertz CT molecular complexity index is 9790. The van der Waals surface area contributed by atoms with E-state index < -0.39 is 32.3 Å². The van der Waals surface area contributed by atoms with E-state index in [9.17, 15) is 0 Å². The smallest absolute Gasteiger partial charge is 0.181 e. The van der Waals surface area contributed by atoms with Gasteiger partial charge in [0, 0.05) is 121 Å². The SMILES string of the molecule is Cc1ccc2c3c1c1ccccc1c1ncc(n13)C(C)(C)[Si]2(C)C.Cc1ccc2c3c1c1ccccc1c1ncc(n13)C(C)(C)[Si]2(c1ccccc1)c1ccccc1.Cc1ccc2c3c1c1ccccc1c1ncc(n13)SC2(c1ccccc1)c1ccccc1.Cc1ccc2c3c1c1ccccc1c1ncc(n13)[Si](C)(C)C2(C)C.Cc1ccc2c3c1c1ccccc1c1ncc(n13)[Si](c1ccccc1)(c1ccccc1)C2(C)C. The summed E-state index contributed by atoms with van der Waals surface area (Å²) in [5, 5.41) is 32.5. The van der Waals surface area contributed by atoms with E-state index in [1.54, 1.807) is 5.19 Å². The second-order valence-corrected chi connectivity index (χ2v) is 65.3. The first-order chi connectivity index (χ1) is 71.6. The van der Waals surface area contributed by atoms with Crippen molar-refractivity contribution in [2.24, 2.45) is 0 Å². The first-order valence-electron chi connectivity index (χ1n) is 52.3. The summed E-state index contributed by atoms with van der Waals surface area (Å²) in [7, 11) is -8.44. The zero-order valence-electron chi connectivity index (χ0n) is 86.9. The Morgan fingerprint density at radius 3 is 0.912 bits per heavy atom. The van der Waals surface area contributed by atoms with Gasteiger partial charge >= 0.3 is 0 Å². The molecule has 10 nitrogen and oxygen atoms in total. The molecule has 26 aromatic rings. The first kappa shape index (κ1) is 91.5. The summed E-state index contributed by atoms with van der Waals surface area (Å²) in [5.41, 5.74) is 28.3. The van der Waals surface area contributed by atoms with Crippen LogP contribution in [-0.2, 0) is 24.9 Å². The molecule has 15 heterocycles. The van der Waals surface area contributed by atoms with Gasteiger partial charge in [0.1, 0.15) is 41.3 Å². The Morgan fingerprint density at radius 1 is 0.223 bits per heavy atom. The van der Waals surface area contributed by atoms with Gasteiger partial charge in [-0.2, -0.15) is 0 Å². The minimum Gasteiger partial charge on any atom is -0.300 e. The molecular formula is C133H116N10SSi4. The van der Waals surface area contributed by atoms with Crippen molar-refractivity contribution in [3.8, 4) is 0 Å². The largest absolute Gasteiger partial charge is 0.300 e. The van der Waals surface area contributed by atoms with Crippen molar-refractivity contribution in [2.45, 2.75) is 146 Å². The fourth-order valence-corrected chi connectivity index (χ4v) is 46.8. The van der Waals surface area contributed by atoms with Crippen molar-refractivity contribution < 1.29 is 0 Å². The molecule has 0 aliphatic carbocycles. The number of aryl methyl sites for hydroxylation is 5. The van der Waals surface area contributed by atoms with E-state index in [0.29, 0.717) is 0 Å². The third-order valence-electron chi connectivity index (χ3n) is 36.6. The molecule has 0 unspecified atom stereocenters. The van der Waals surface area contributed by atoms with E-state index in [0.717, 1.165) is 28.2 Å². The van der Waals surface area contributed by atoms with Crippen LogP contribution in [0.3, 0.4) is 0 Å². The minimum atomic E-state index is -2.54. The summed E-state index contributed by atoms with van der Waals surface area (Å²) in [5.74, 6) is 0. The molecule has 5 aliphatic rings. The van der Waals surface area contributed by atoms with Crippen LogP contribution in [0, 0.1) is 34.6 Å². The van der Waals surface area contributed by atoms with E-state index in [2.05, 4.69) is 533 Å². The third kappa shape index (κ3) is 12.0. The van der Waals surface area contributed by atoms with E-state index in [1.165, 1.54) is 217 Å². The highest BCUT2D eigenvalue weighted by atomic mass is 32.2. The topological polar surface area (TPSA) is 86.5 Å². The van der Waals surface area contributed by atoms with Crippen molar-refractivity contribution in [3.63, 3.8) is 0 Å². The van der Waals surface area contributed by atoms with Crippen molar-refractivity contribution in [3.05, 3.63) is 462 Å². The molecule has 15 heteroatoms. The number of nitrogens with zero attached hydrogens (tertiary/aromatic N) is 10. The Balaban J connectivity index is 0.0000000920. The lowest BCUT2D eigenvalue weighted by Crippen LogP contribution is -2.78. The summed E-state index contributed by atoms with van der Waals surface area (Å²) < 4.78 is 12.0. The zero-order chi connectivity index (χ0) is 101. The van der Waals surface area contributed by atoms with Crippen LogP contribution in [0.2, 0.25) is 26.2 Å². The molecule has 10 aromatic heterocycles. The van der Waals surface area contributed by atoms with Gasteiger partial charge in [0.05, 0.1) is 46.6 Å². The lowest BCUT2D eigenvalue weighted by Gasteiger charge is -2.49. The molecule has 720 valence electrons. The molecule has 0 fully saturated rings.